The Morgan fingerprint density at radius 3 is 2.39 bits per heavy atom. The first-order valence-electron chi connectivity index (χ1n) is 10.8. The SMILES string of the molecule is Cc1nc(C2CC2)nc2sc(C(=O)N3CCC(C(=O)O)(c4ccccc4)CC3)c(C)c12. The molecule has 2 fully saturated rings. The Morgan fingerprint density at radius 2 is 1.77 bits per heavy atom. The lowest BCUT2D eigenvalue weighted by molar-refractivity contribution is -0.145. The van der Waals surface area contributed by atoms with Crippen LogP contribution in [0.4, 0.5) is 0 Å². The summed E-state index contributed by atoms with van der Waals surface area (Å²) in [6.07, 6.45) is 3.10. The van der Waals surface area contributed by atoms with Gasteiger partial charge < -0.3 is 10.0 Å². The molecule has 0 atom stereocenters. The molecule has 1 amide bonds. The van der Waals surface area contributed by atoms with Crippen molar-refractivity contribution in [3.05, 3.63) is 57.9 Å². The number of thiophene rings is 1. The maximum atomic E-state index is 13.4. The number of carbonyl (C=O) groups excluding carboxylic acids is 1. The fraction of sp³-hybridized carbons (Fsp3) is 0.417. The van der Waals surface area contributed by atoms with Crippen LogP contribution in [0.5, 0.6) is 0 Å². The fourth-order valence-electron chi connectivity index (χ4n) is 4.71. The second-order valence-corrected chi connectivity index (χ2v) is 9.72. The topological polar surface area (TPSA) is 83.4 Å². The van der Waals surface area contributed by atoms with E-state index in [0.29, 0.717) is 36.7 Å². The van der Waals surface area contributed by atoms with E-state index in [-0.39, 0.29) is 5.91 Å². The van der Waals surface area contributed by atoms with Gasteiger partial charge in [-0.25, -0.2) is 9.97 Å². The Kier molecular flexibility index (Phi) is 4.81. The van der Waals surface area contributed by atoms with Crippen LogP contribution in [-0.2, 0) is 10.2 Å². The van der Waals surface area contributed by atoms with Crippen LogP contribution >= 0.6 is 11.3 Å². The molecule has 31 heavy (non-hydrogen) atoms. The number of nitrogens with zero attached hydrogens (tertiary/aromatic N) is 3. The molecule has 5 rings (SSSR count). The number of rotatable bonds is 4. The Balaban J connectivity index is 1.42. The lowest BCUT2D eigenvalue weighted by atomic mass is 9.73. The van der Waals surface area contributed by atoms with Crippen molar-refractivity contribution in [3.63, 3.8) is 0 Å². The highest BCUT2D eigenvalue weighted by atomic mass is 32.1. The van der Waals surface area contributed by atoms with E-state index < -0.39 is 11.4 Å². The number of amides is 1. The average Bonchev–Trinajstić information content (AvgIpc) is 3.57. The number of fused-ring (bicyclic) bond motifs is 1. The van der Waals surface area contributed by atoms with Crippen molar-refractivity contribution < 1.29 is 14.7 Å². The quantitative estimate of drug-likeness (QED) is 0.655. The van der Waals surface area contributed by atoms with Crippen LogP contribution in [0.2, 0.25) is 0 Å². The van der Waals surface area contributed by atoms with Gasteiger partial charge in [-0.1, -0.05) is 30.3 Å². The Labute approximate surface area is 184 Å². The van der Waals surface area contributed by atoms with Crippen LogP contribution in [0.25, 0.3) is 10.2 Å². The zero-order chi connectivity index (χ0) is 21.8. The first-order chi connectivity index (χ1) is 14.9. The number of likely N-dealkylation sites (tertiary alicyclic amines) is 1. The molecule has 1 saturated carbocycles. The van der Waals surface area contributed by atoms with Crippen LogP contribution < -0.4 is 0 Å². The van der Waals surface area contributed by atoms with Crippen LogP contribution in [0.3, 0.4) is 0 Å². The number of carboxylic acid groups (broad SMARTS) is 1. The van der Waals surface area contributed by atoms with E-state index in [2.05, 4.69) is 4.98 Å². The third-order valence-electron chi connectivity index (χ3n) is 6.77. The first-order valence-corrected chi connectivity index (χ1v) is 11.6. The highest BCUT2D eigenvalue weighted by molar-refractivity contribution is 7.20. The summed E-state index contributed by atoms with van der Waals surface area (Å²) in [5.41, 5.74) is 1.75. The van der Waals surface area contributed by atoms with Gasteiger partial charge in [-0.3, -0.25) is 9.59 Å². The molecule has 160 valence electrons. The standard InChI is InChI=1S/C24H25N3O3S/c1-14-18-15(2)25-20(16-8-9-16)26-21(18)31-19(14)22(28)27-12-10-24(11-13-27,23(29)30)17-6-4-3-5-7-17/h3-7,16H,8-13H2,1-2H3,(H,29,30). The van der Waals surface area contributed by atoms with E-state index in [0.717, 1.165) is 45.7 Å². The molecule has 1 saturated heterocycles. The fourth-order valence-corrected chi connectivity index (χ4v) is 5.91. The number of carbonyl (C=O) groups is 2. The van der Waals surface area contributed by atoms with Crippen LogP contribution in [0, 0.1) is 13.8 Å². The van der Waals surface area contributed by atoms with Crippen LogP contribution in [0.1, 0.15) is 63.9 Å². The molecule has 1 N–H and O–H groups in total. The molecule has 0 radical (unpaired) electrons. The summed E-state index contributed by atoms with van der Waals surface area (Å²) in [5.74, 6) is 0.522. The maximum Gasteiger partial charge on any atom is 0.314 e. The molecule has 0 bridgehead atoms. The zero-order valence-corrected chi connectivity index (χ0v) is 18.5. The molecule has 1 aliphatic heterocycles. The van der Waals surface area contributed by atoms with Gasteiger partial charge in [-0.2, -0.15) is 0 Å². The van der Waals surface area contributed by atoms with Crippen molar-refractivity contribution >= 4 is 33.4 Å². The van der Waals surface area contributed by atoms with Crippen molar-refractivity contribution in [3.8, 4) is 0 Å². The molecule has 3 heterocycles. The number of aromatic nitrogens is 2. The molecular weight excluding hydrogens is 410 g/mol. The van der Waals surface area contributed by atoms with Gasteiger partial charge in [0.05, 0.1) is 16.0 Å². The van der Waals surface area contributed by atoms with Gasteiger partial charge in [0.2, 0.25) is 0 Å². The van der Waals surface area contributed by atoms with Crippen LogP contribution in [-0.4, -0.2) is 44.9 Å². The van der Waals surface area contributed by atoms with E-state index in [9.17, 15) is 14.7 Å². The minimum atomic E-state index is -0.936. The molecule has 2 aliphatic rings. The number of hydrogen-bond donors (Lipinski definition) is 1. The molecule has 1 aliphatic carbocycles. The van der Waals surface area contributed by atoms with Gasteiger partial charge in [0.1, 0.15) is 10.7 Å². The maximum absolute atomic E-state index is 13.4. The van der Waals surface area contributed by atoms with E-state index in [1.165, 1.54) is 11.3 Å². The van der Waals surface area contributed by atoms with Gasteiger partial charge in [-0.05, 0) is 50.7 Å². The molecule has 1 aromatic carbocycles. The molecule has 7 heteroatoms. The van der Waals surface area contributed by atoms with Gasteiger partial charge in [0.25, 0.3) is 5.91 Å². The third-order valence-corrected chi connectivity index (χ3v) is 7.94. The van der Waals surface area contributed by atoms with Gasteiger partial charge in [-0.15, -0.1) is 11.3 Å². The number of benzene rings is 1. The number of hydrogen-bond acceptors (Lipinski definition) is 5. The Hall–Kier alpha value is -2.80. The second-order valence-electron chi connectivity index (χ2n) is 8.72. The second kappa shape index (κ2) is 7.41. The van der Waals surface area contributed by atoms with Crippen molar-refractivity contribution in [2.45, 2.75) is 50.9 Å². The van der Waals surface area contributed by atoms with Gasteiger partial charge >= 0.3 is 5.97 Å². The Bertz CT molecular complexity index is 1180. The van der Waals surface area contributed by atoms with Crippen molar-refractivity contribution in [1.82, 2.24) is 14.9 Å². The summed E-state index contributed by atoms with van der Waals surface area (Å²) in [6, 6.07) is 9.39. The Morgan fingerprint density at radius 1 is 1.10 bits per heavy atom. The van der Waals surface area contributed by atoms with E-state index in [4.69, 9.17) is 4.98 Å². The average molecular weight is 436 g/mol. The normalized spacial score (nSPS) is 18.3. The summed E-state index contributed by atoms with van der Waals surface area (Å²) < 4.78 is 0. The molecule has 0 spiro atoms. The minimum Gasteiger partial charge on any atom is -0.481 e. The number of piperidine rings is 1. The monoisotopic (exact) mass is 435 g/mol. The van der Waals surface area contributed by atoms with Gasteiger partial charge in [0.15, 0.2) is 0 Å². The van der Waals surface area contributed by atoms with E-state index in [1.807, 2.05) is 44.2 Å². The number of carboxylic acids is 1. The smallest absolute Gasteiger partial charge is 0.314 e. The molecular formula is C24H25N3O3S. The largest absolute Gasteiger partial charge is 0.481 e. The summed E-state index contributed by atoms with van der Waals surface area (Å²) in [7, 11) is 0. The lowest BCUT2D eigenvalue weighted by Gasteiger charge is -2.39. The molecule has 2 aromatic heterocycles. The highest BCUT2D eigenvalue weighted by Gasteiger charge is 2.44. The van der Waals surface area contributed by atoms with Gasteiger partial charge in [0, 0.05) is 24.4 Å². The van der Waals surface area contributed by atoms with Crippen molar-refractivity contribution in [2.24, 2.45) is 0 Å². The zero-order valence-electron chi connectivity index (χ0n) is 17.7. The van der Waals surface area contributed by atoms with Crippen molar-refractivity contribution in [1.29, 1.82) is 0 Å². The number of aliphatic carboxylic acids is 1. The highest BCUT2D eigenvalue weighted by Crippen LogP contribution is 2.41. The third kappa shape index (κ3) is 3.31. The molecule has 6 nitrogen and oxygen atoms in total. The predicted octanol–water partition coefficient (Wildman–Crippen LogP) is 4.44. The van der Waals surface area contributed by atoms with Crippen LogP contribution in [0.15, 0.2) is 30.3 Å². The summed E-state index contributed by atoms with van der Waals surface area (Å²) in [5, 5.41) is 11.0. The van der Waals surface area contributed by atoms with E-state index in [1.54, 1.807) is 4.90 Å². The minimum absolute atomic E-state index is 0.0278. The summed E-state index contributed by atoms with van der Waals surface area (Å²) in [6.45, 7) is 4.80. The summed E-state index contributed by atoms with van der Waals surface area (Å²) in [4.78, 5) is 38.4. The number of aryl methyl sites for hydroxylation is 2. The summed E-state index contributed by atoms with van der Waals surface area (Å²) >= 11 is 1.44. The molecule has 3 aromatic rings. The first kappa shape index (κ1) is 20.1. The predicted molar refractivity (Wildman–Crippen MR) is 120 cm³/mol. The van der Waals surface area contributed by atoms with Crippen molar-refractivity contribution in [2.75, 3.05) is 13.1 Å². The lowest BCUT2D eigenvalue weighted by Crippen LogP contribution is -2.49. The molecule has 0 unspecified atom stereocenters. The van der Waals surface area contributed by atoms with E-state index >= 15 is 0 Å².